The normalized spacial score (nSPS) is 31.6. The molecule has 5 unspecified atom stereocenters. The van der Waals surface area contributed by atoms with Crippen molar-refractivity contribution in [2.75, 3.05) is 7.05 Å². The Balaban J connectivity index is 2.47. The molecule has 8 nitrogen and oxygen atoms in total. The summed E-state index contributed by atoms with van der Waals surface area (Å²) in [4.78, 5) is 39.6. The second kappa shape index (κ2) is 8.87. The van der Waals surface area contributed by atoms with E-state index in [9.17, 15) is 24.6 Å². The molecule has 0 spiro atoms. The molecule has 156 valence electrons. The molecule has 2 saturated heterocycles. The molecular weight excluding hydrogens is 364 g/mol. The van der Waals surface area contributed by atoms with Gasteiger partial charge in [0.05, 0.1) is 18.1 Å². The number of nitrogens with one attached hydrogen (secondary N) is 1. The number of ketones is 1. The molecule has 2 heterocycles. The Hall–Kier alpha value is -2.19. The zero-order valence-electron chi connectivity index (χ0n) is 17.0. The summed E-state index contributed by atoms with van der Waals surface area (Å²) in [6.07, 6.45) is 1.83. The first-order valence-electron chi connectivity index (χ1n) is 9.63. The van der Waals surface area contributed by atoms with Crippen LogP contribution in [0.2, 0.25) is 0 Å². The van der Waals surface area contributed by atoms with Crippen LogP contribution in [-0.2, 0) is 19.1 Å². The smallest absolute Gasteiger partial charge is 0.264 e. The van der Waals surface area contributed by atoms with Crippen molar-refractivity contribution in [1.82, 2.24) is 10.2 Å². The van der Waals surface area contributed by atoms with Gasteiger partial charge in [-0.3, -0.25) is 14.4 Å². The minimum atomic E-state index is -1.08. The average Bonchev–Trinajstić information content (AvgIpc) is 2.91. The second-order valence-corrected chi connectivity index (χ2v) is 7.73. The van der Waals surface area contributed by atoms with E-state index in [-0.39, 0.29) is 11.5 Å². The molecule has 0 bridgehead atoms. The lowest BCUT2D eigenvalue weighted by Crippen LogP contribution is -2.54. The van der Waals surface area contributed by atoms with Crippen molar-refractivity contribution in [2.24, 2.45) is 11.8 Å². The Kier molecular flexibility index (Phi) is 7.01. The number of nitrogens with zero attached hydrogens (tertiary/aromatic N) is 1. The van der Waals surface area contributed by atoms with Gasteiger partial charge in [0.15, 0.2) is 5.78 Å². The van der Waals surface area contributed by atoms with E-state index < -0.39 is 53.8 Å². The highest BCUT2D eigenvalue weighted by atomic mass is 16.5. The van der Waals surface area contributed by atoms with E-state index in [0.717, 1.165) is 0 Å². The lowest BCUT2D eigenvalue weighted by atomic mass is 9.94. The summed E-state index contributed by atoms with van der Waals surface area (Å²) in [5, 5.41) is 22.8. The third-order valence-electron chi connectivity index (χ3n) is 5.23. The summed E-state index contributed by atoms with van der Waals surface area (Å²) in [5.41, 5.74) is -0.333. The number of hydrogen-bond acceptors (Lipinski definition) is 6. The predicted molar refractivity (Wildman–Crippen MR) is 102 cm³/mol. The maximum absolute atomic E-state index is 13.1. The maximum Gasteiger partial charge on any atom is 0.264 e. The largest absolute Gasteiger partial charge is 0.507 e. The van der Waals surface area contributed by atoms with Crippen LogP contribution in [0.1, 0.15) is 40.5 Å². The fourth-order valence-corrected chi connectivity index (χ4v) is 3.55. The van der Waals surface area contributed by atoms with Gasteiger partial charge in [-0.1, -0.05) is 26.8 Å². The highest BCUT2D eigenvalue weighted by Gasteiger charge is 2.52. The molecule has 2 amide bonds. The number of carbonyl (C=O) groups excluding carboxylic acids is 3. The van der Waals surface area contributed by atoms with Crippen LogP contribution in [0.3, 0.4) is 0 Å². The summed E-state index contributed by atoms with van der Waals surface area (Å²) in [7, 11) is 1.46. The molecule has 2 aliphatic heterocycles. The molecule has 0 radical (unpaired) electrons. The number of rotatable bonds is 5. The van der Waals surface area contributed by atoms with Crippen molar-refractivity contribution in [1.29, 1.82) is 0 Å². The second-order valence-electron chi connectivity index (χ2n) is 7.73. The summed E-state index contributed by atoms with van der Waals surface area (Å²) in [6, 6.07) is -1.08. The van der Waals surface area contributed by atoms with Crippen LogP contribution in [0.5, 0.6) is 0 Å². The standard InChI is InChI=1S/C20H30N2O6/c1-10(2)6-7-14(24)16-18(25)17(11(3)19(26)21-5)22(20(16)27)15-9-8-13(23)12(4)28-15/h6-7,10-13,15,17,23-24H,8-9H2,1-5H3,(H,21,26). The van der Waals surface area contributed by atoms with Gasteiger partial charge < -0.3 is 25.2 Å². The third-order valence-corrected chi connectivity index (χ3v) is 5.23. The molecule has 5 atom stereocenters. The fraction of sp³-hybridized carbons (Fsp3) is 0.650. The molecule has 8 heteroatoms. The molecular formula is C20H30N2O6. The molecule has 0 saturated carbocycles. The Morgan fingerprint density at radius 3 is 2.46 bits per heavy atom. The molecule has 0 aromatic rings. The van der Waals surface area contributed by atoms with Gasteiger partial charge in [0.25, 0.3) is 5.91 Å². The van der Waals surface area contributed by atoms with Gasteiger partial charge in [0.2, 0.25) is 5.91 Å². The Labute approximate surface area is 165 Å². The third kappa shape index (κ3) is 4.28. The summed E-state index contributed by atoms with van der Waals surface area (Å²) in [6.45, 7) is 7.05. The number of hydrogen-bond donors (Lipinski definition) is 3. The van der Waals surface area contributed by atoms with E-state index in [4.69, 9.17) is 4.74 Å². The van der Waals surface area contributed by atoms with Crippen molar-refractivity contribution >= 4 is 17.6 Å². The van der Waals surface area contributed by atoms with Crippen molar-refractivity contribution in [3.63, 3.8) is 0 Å². The van der Waals surface area contributed by atoms with E-state index in [1.54, 1.807) is 19.9 Å². The topological polar surface area (TPSA) is 116 Å². The monoisotopic (exact) mass is 394 g/mol. The highest BCUT2D eigenvalue weighted by Crippen LogP contribution is 2.34. The number of likely N-dealkylation sites (tertiary alicyclic amines) is 1. The van der Waals surface area contributed by atoms with Crippen molar-refractivity contribution in [2.45, 2.75) is 65.0 Å². The van der Waals surface area contributed by atoms with Crippen molar-refractivity contribution in [3.05, 3.63) is 23.5 Å². The lowest BCUT2D eigenvalue weighted by Gasteiger charge is -2.39. The number of carbonyl (C=O) groups is 3. The highest BCUT2D eigenvalue weighted by molar-refractivity contribution is 6.27. The minimum absolute atomic E-state index is 0.120. The molecule has 28 heavy (non-hydrogen) atoms. The first-order chi connectivity index (χ1) is 13.1. The molecule has 2 aliphatic rings. The predicted octanol–water partition coefficient (Wildman–Crippen LogP) is 1.06. The van der Waals surface area contributed by atoms with Gasteiger partial charge in [-0.05, 0) is 31.8 Å². The van der Waals surface area contributed by atoms with Crippen molar-refractivity contribution < 1.29 is 29.3 Å². The quantitative estimate of drug-likeness (QED) is 0.365. The summed E-state index contributed by atoms with van der Waals surface area (Å²) in [5.74, 6) is -2.77. The molecule has 2 rings (SSSR count). The Morgan fingerprint density at radius 1 is 1.29 bits per heavy atom. The van der Waals surface area contributed by atoms with Gasteiger partial charge in [0, 0.05) is 7.05 Å². The van der Waals surface area contributed by atoms with E-state index in [1.165, 1.54) is 18.0 Å². The SMILES string of the molecule is CNC(=O)C(C)C1C(=O)C(=C(O)C=CC(C)C)C(=O)N1C1CCC(O)C(C)O1. The summed E-state index contributed by atoms with van der Waals surface area (Å²) < 4.78 is 5.77. The lowest BCUT2D eigenvalue weighted by molar-refractivity contribution is -0.181. The molecule has 2 fully saturated rings. The zero-order chi connectivity index (χ0) is 21.2. The molecule has 0 aromatic carbocycles. The van der Waals surface area contributed by atoms with E-state index in [0.29, 0.717) is 12.8 Å². The van der Waals surface area contributed by atoms with Crippen LogP contribution < -0.4 is 5.32 Å². The van der Waals surface area contributed by atoms with Crippen LogP contribution in [0.4, 0.5) is 0 Å². The average molecular weight is 394 g/mol. The first kappa shape index (κ1) is 22.1. The van der Waals surface area contributed by atoms with Gasteiger partial charge in [-0.2, -0.15) is 0 Å². The number of Topliss-reactive ketones (excluding diaryl/α,β-unsaturated/α-hetero) is 1. The number of allylic oxidation sites excluding steroid dienone is 2. The summed E-state index contributed by atoms with van der Waals surface area (Å²) >= 11 is 0. The fourth-order valence-electron chi connectivity index (χ4n) is 3.55. The van der Waals surface area contributed by atoms with Gasteiger partial charge in [-0.15, -0.1) is 0 Å². The number of aliphatic hydroxyl groups is 2. The first-order valence-corrected chi connectivity index (χ1v) is 9.63. The minimum Gasteiger partial charge on any atom is -0.507 e. The Bertz CT molecular complexity index is 699. The molecule has 0 aliphatic carbocycles. The van der Waals surface area contributed by atoms with Crippen molar-refractivity contribution in [3.8, 4) is 0 Å². The molecule has 3 N–H and O–H groups in total. The number of aliphatic hydroxyl groups excluding tert-OH is 2. The van der Waals surface area contributed by atoms with Gasteiger partial charge in [-0.25, -0.2) is 0 Å². The van der Waals surface area contributed by atoms with E-state index >= 15 is 0 Å². The van der Waals surface area contributed by atoms with Gasteiger partial charge >= 0.3 is 0 Å². The van der Waals surface area contributed by atoms with Crippen LogP contribution in [0.25, 0.3) is 0 Å². The van der Waals surface area contributed by atoms with E-state index in [1.807, 2.05) is 13.8 Å². The van der Waals surface area contributed by atoms with E-state index in [2.05, 4.69) is 5.32 Å². The number of ether oxygens (including phenoxy) is 1. The van der Waals surface area contributed by atoms with Crippen LogP contribution >= 0.6 is 0 Å². The van der Waals surface area contributed by atoms with Crippen LogP contribution in [-0.4, -0.2) is 64.2 Å². The van der Waals surface area contributed by atoms with Crippen LogP contribution in [0.15, 0.2) is 23.5 Å². The zero-order valence-corrected chi connectivity index (χ0v) is 17.0. The molecule has 0 aromatic heterocycles. The van der Waals surface area contributed by atoms with Gasteiger partial charge in [0.1, 0.15) is 23.6 Å². The maximum atomic E-state index is 13.1. The van der Waals surface area contributed by atoms with Crippen LogP contribution in [0, 0.1) is 11.8 Å². The Morgan fingerprint density at radius 2 is 1.93 bits per heavy atom. The number of amides is 2.